The molecule has 0 spiro atoms. The molecule has 0 atom stereocenters. The maximum atomic E-state index is 12.3. The third kappa shape index (κ3) is 1.87. The zero-order chi connectivity index (χ0) is 13.4. The Labute approximate surface area is 111 Å². The second-order valence-corrected chi connectivity index (χ2v) is 4.74. The Morgan fingerprint density at radius 2 is 2.32 bits per heavy atom. The standard InChI is InChI=1S/C10H11N7OS/c1-11-9-7(14-15-19-9)4-17-5-12-8-6(10(17)18)3-13-16(8)2/h3,5,11H,4H2,1-2H3. The first kappa shape index (κ1) is 11.8. The molecule has 0 amide bonds. The van der Waals surface area contributed by atoms with E-state index in [0.29, 0.717) is 17.6 Å². The molecule has 3 rings (SSSR count). The summed E-state index contributed by atoms with van der Waals surface area (Å²) in [6.07, 6.45) is 3.03. The van der Waals surface area contributed by atoms with Crippen molar-refractivity contribution in [3.05, 3.63) is 28.6 Å². The molecule has 0 aliphatic heterocycles. The summed E-state index contributed by atoms with van der Waals surface area (Å²) < 4.78 is 6.94. The average molecular weight is 277 g/mol. The molecule has 3 aromatic heterocycles. The quantitative estimate of drug-likeness (QED) is 0.728. The monoisotopic (exact) mass is 277 g/mol. The van der Waals surface area contributed by atoms with Crippen molar-refractivity contribution in [3.8, 4) is 0 Å². The molecule has 0 fully saturated rings. The number of rotatable bonds is 3. The highest BCUT2D eigenvalue weighted by atomic mass is 32.1. The van der Waals surface area contributed by atoms with Gasteiger partial charge in [0.1, 0.15) is 22.4 Å². The largest absolute Gasteiger partial charge is 0.377 e. The Hall–Kier alpha value is -2.29. The molecule has 8 nitrogen and oxygen atoms in total. The fourth-order valence-electron chi connectivity index (χ4n) is 1.84. The predicted molar refractivity (Wildman–Crippen MR) is 71.3 cm³/mol. The lowest BCUT2D eigenvalue weighted by molar-refractivity contribution is 0.720. The van der Waals surface area contributed by atoms with Crippen LogP contribution in [0, 0.1) is 0 Å². The van der Waals surface area contributed by atoms with Crippen molar-refractivity contribution in [1.29, 1.82) is 0 Å². The molecule has 0 saturated heterocycles. The normalized spacial score (nSPS) is 11.1. The van der Waals surface area contributed by atoms with Gasteiger partial charge in [0.05, 0.1) is 12.7 Å². The first-order valence-electron chi connectivity index (χ1n) is 5.57. The molecule has 0 bridgehead atoms. The van der Waals surface area contributed by atoms with Gasteiger partial charge in [0.15, 0.2) is 5.65 Å². The van der Waals surface area contributed by atoms with Crippen LogP contribution in [0.2, 0.25) is 0 Å². The molecule has 0 saturated carbocycles. The second-order valence-electron chi connectivity index (χ2n) is 3.98. The highest BCUT2D eigenvalue weighted by Crippen LogP contribution is 2.17. The molecular weight excluding hydrogens is 266 g/mol. The van der Waals surface area contributed by atoms with E-state index in [0.717, 1.165) is 10.7 Å². The van der Waals surface area contributed by atoms with Crippen LogP contribution < -0.4 is 10.9 Å². The molecule has 1 N–H and O–H groups in total. The van der Waals surface area contributed by atoms with Gasteiger partial charge in [-0.05, 0) is 0 Å². The summed E-state index contributed by atoms with van der Waals surface area (Å²) in [6.45, 7) is 0.337. The van der Waals surface area contributed by atoms with Gasteiger partial charge in [0, 0.05) is 25.6 Å². The van der Waals surface area contributed by atoms with E-state index in [-0.39, 0.29) is 5.56 Å². The molecule has 9 heteroatoms. The van der Waals surface area contributed by atoms with Crippen molar-refractivity contribution in [3.63, 3.8) is 0 Å². The minimum Gasteiger partial charge on any atom is -0.377 e. The molecule has 0 radical (unpaired) electrons. The molecule has 0 aliphatic carbocycles. The number of nitrogens with zero attached hydrogens (tertiary/aromatic N) is 6. The molecular formula is C10H11N7OS. The molecule has 0 aromatic carbocycles. The first-order chi connectivity index (χ1) is 9.20. The summed E-state index contributed by atoms with van der Waals surface area (Å²) in [4.78, 5) is 16.5. The summed E-state index contributed by atoms with van der Waals surface area (Å²) in [5.74, 6) is 0. The summed E-state index contributed by atoms with van der Waals surface area (Å²) in [5.41, 5.74) is 1.17. The van der Waals surface area contributed by atoms with E-state index in [1.54, 1.807) is 18.8 Å². The van der Waals surface area contributed by atoms with E-state index >= 15 is 0 Å². The van der Waals surface area contributed by atoms with E-state index in [1.807, 2.05) is 0 Å². The Morgan fingerprint density at radius 3 is 3.11 bits per heavy atom. The molecule has 3 heterocycles. The topological polar surface area (TPSA) is 90.5 Å². The van der Waals surface area contributed by atoms with Crippen molar-refractivity contribution < 1.29 is 0 Å². The van der Waals surface area contributed by atoms with Crippen LogP contribution in [0.1, 0.15) is 5.69 Å². The number of anilines is 1. The second kappa shape index (κ2) is 4.43. The van der Waals surface area contributed by atoms with Crippen molar-refractivity contribution in [2.24, 2.45) is 7.05 Å². The van der Waals surface area contributed by atoms with E-state index in [4.69, 9.17) is 0 Å². The summed E-state index contributed by atoms with van der Waals surface area (Å²) in [7, 11) is 3.55. The molecule has 0 unspecified atom stereocenters. The summed E-state index contributed by atoms with van der Waals surface area (Å²) in [5, 5.41) is 12.4. The highest BCUT2D eigenvalue weighted by Gasteiger charge is 2.11. The highest BCUT2D eigenvalue weighted by molar-refractivity contribution is 7.10. The van der Waals surface area contributed by atoms with Gasteiger partial charge in [-0.15, -0.1) is 5.10 Å². The van der Waals surface area contributed by atoms with E-state index < -0.39 is 0 Å². The average Bonchev–Trinajstić information content (AvgIpc) is 3.00. The Kier molecular flexibility index (Phi) is 2.75. The van der Waals surface area contributed by atoms with Gasteiger partial charge >= 0.3 is 0 Å². The third-order valence-corrected chi connectivity index (χ3v) is 3.61. The lowest BCUT2D eigenvalue weighted by Gasteiger charge is -2.04. The van der Waals surface area contributed by atoms with Gasteiger partial charge < -0.3 is 5.32 Å². The van der Waals surface area contributed by atoms with Crippen molar-refractivity contribution in [2.45, 2.75) is 6.54 Å². The zero-order valence-electron chi connectivity index (χ0n) is 10.4. The van der Waals surface area contributed by atoms with Gasteiger partial charge in [-0.1, -0.05) is 4.49 Å². The van der Waals surface area contributed by atoms with Crippen molar-refractivity contribution in [1.82, 2.24) is 28.9 Å². The number of fused-ring (bicyclic) bond motifs is 1. The smallest absolute Gasteiger partial charge is 0.264 e. The van der Waals surface area contributed by atoms with Crippen LogP contribution >= 0.6 is 11.5 Å². The minimum absolute atomic E-state index is 0.131. The number of hydrogen-bond acceptors (Lipinski definition) is 7. The van der Waals surface area contributed by atoms with Crippen LogP contribution in [-0.4, -0.2) is 36.0 Å². The van der Waals surface area contributed by atoms with Gasteiger partial charge in [0.25, 0.3) is 5.56 Å². The zero-order valence-corrected chi connectivity index (χ0v) is 11.2. The Morgan fingerprint density at radius 1 is 1.47 bits per heavy atom. The van der Waals surface area contributed by atoms with E-state index in [1.165, 1.54) is 28.6 Å². The lowest BCUT2D eigenvalue weighted by Crippen LogP contribution is -2.21. The number of aryl methyl sites for hydroxylation is 1. The summed E-state index contributed by atoms with van der Waals surface area (Å²) >= 11 is 1.26. The number of nitrogens with one attached hydrogen (secondary N) is 1. The maximum absolute atomic E-state index is 12.3. The first-order valence-corrected chi connectivity index (χ1v) is 6.34. The fourth-order valence-corrected chi connectivity index (χ4v) is 2.37. The van der Waals surface area contributed by atoms with Gasteiger partial charge in [-0.25, -0.2) is 4.98 Å². The van der Waals surface area contributed by atoms with Crippen LogP contribution in [0.15, 0.2) is 17.3 Å². The summed E-state index contributed by atoms with van der Waals surface area (Å²) in [6, 6.07) is 0. The molecule has 98 valence electrons. The van der Waals surface area contributed by atoms with Crippen LogP contribution in [-0.2, 0) is 13.6 Å². The van der Waals surface area contributed by atoms with Gasteiger partial charge in [0.2, 0.25) is 0 Å². The lowest BCUT2D eigenvalue weighted by atomic mass is 10.4. The van der Waals surface area contributed by atoms with Gasteiger partial charge in [-0.2, -0.15) is 5.10 Å². The fraction of sp³-hybridized carbons (Fsp3) is 0.300. The molecule has 0 aliphatic rings. The van der Waals surface area contributed by atoms with Gasteiger partial charge in [-0.3, -0.25) is 14.0 Å². The molecule has 3 aromatic rings. The van der Waals surface area contributed by atoms with E-state index in [2.05, 4.69) is 25.0 Å². The van der Waals surface area contributed by atoms with Crippen LogP contribution in [0.25, 0.3) is 11.0 Å². The van der Waals surface area contributed by atoms with Crippen LogP contribution in [0.3, 0.4) is 0 Å². The Bertz CT molecular complexity index is 787. The third-order valence-electron chi connectivity index (χ3n) is 2.82. The number of aromatic nitrogens is 6. The van der Waals surface area contributed by atoms with Crippen LogP contribution in [0.4, 0.5) is 5.00 Å². The predicted octanol–water partition coefficient (Wildman–Crippen LogP) is 0.0715. The van der Waals surface area contributed by atoms with Crippen LogP contribution in [0.5, 0.6) is 0 Å². The van der Waals surface area contributed by atoms with Crippen molar-refractivity contribution in [2.75, 3.05) is 12.4 Å². The SMILES string of the molecule is CNc1snnc1Cn1cnc2c(cnn2C)c1=O. The molecule has 19 heavy (non-hydrogen) atoms. The van der Waals surface area contributed by atoms with Crippen molar-refractivity contribution >= 4 is 27.6 Å². The maximum Gasteiger partial charge on any atom is 0.264 e. The Balaban J connectivity index is 2.07. The minimum atomic E-state index is -0.131. The number of hydrogen-bond donors (Lipinski definition) is 1. The van der Waals surface area contributed by atoms with E-state index in [9.17, 15) is 4.79 Å².